The number of nitrogens with zero attached hydrogens (tertiary/aromatic N) is 2. The molecule has 7 nitrogen and oxygen atoms in total. The number of carbonyl (C=O) groups is 2. The highest BCUT2D eigenvalue weighted by Crippen LogP contribution is 2.35. The number of para-hydroxylation sites is 1. The number of fused-ring (bicyclic) bond motifs is 1. The maximum absolute atomic E-state index is 13.0. The molecule has 4 aromatic carbocycles. The van der Waals surface area contributed by atoms with E-state index in [2.05, 4.69) is 9.88 Å². The fourth-order valence-corrected chi connectivity index (χ4v) is 6.96. The van der Waals surface area contributed by atoms with Crippen LogP contribution in [-0.4, -0.2) is 47.1 Å². The number of carboxylic acid groups (broad SMARTS) is 1. The van der Waals surface area contributed by atoms with Gasteiger partial charge in [0.05, 0.1) is 18.2 Å². The molecule has 1 aliphatic rings. The zero-order valence-electron chi connectivity index (χ0n) is 29.0. The van der Waals surface area contributed by atoms with E-state index in [-0.39, 0.29) is 24.3 Å². The maximum atomic E-state index is 13.0. The predicted octanol–water partition coefficient (Wildman–Crippen LogP) is 9.65. The van der Waals surface area contributed by atoms with Crippen molar-refractivity contribution in [2.24, 2.45) is 0 Å². The lowest BCUT2D eigenvalue weighted by atomic mass is 9.89. The van der Waals surface area contributed by atoms with Gasteiger partial charge in [-0.1, -0.05) is 72.3 Å². The maximum Gasteiger partial charge on any atom is 0.416 e. The molecular formula is C42H38ClF3N2O5. The number of halogens is 4. The molecule has 0 bridgehead atoms. The third-order valence-corrected chi connectivity index (χ3v) is 9.96. The van der Waals surface area contributed by atoms with Crippen molar-refractivity contribution >= 4 is 23.5 Å². The number of ether oxygens (including phenoxy) is 2. The SMILES string of the molecule is COC(=O)c1ccc(CCN(CCc2ccccc2OCc2ccc(-c3ccc(C(F)(F)F)cc3)cc2Cl)[C@@H]2CCCc3nc(C(=O)O)ccc32)cc1. The van der Waals surface area contributed by atoms with Crippen molar-refractivity contribution in [1.29, 1.82) is 0 Å². The number of aryl methyl sites for hydroxylation is 1. The van der Waals surface area contributed by atoms with E-state index in [0.29, 0.717) is 47.0 Å². The van der Waals surface area contributed by atoms with Crippen LogP contribution >= 0.6 is 11.6 Å². The zero-order valence-corrected chi connectivity index (χ0v) is 29.8. The number of esters is 1. The first-order chi connectivity index (χ1) is 25.5. The Bertz CT molecular complexity index is 2070. The molecule has 1 aliphatic carbocycles. The smallest absolute Gasteiger partial charge is 0.416 e. The summed E-state index contributed by atoms with van der Waals surface area (Å²) in [7, 11) is 1.36. The van der Waals surface area contributed by atoms with Crippen molar-refractivity contribution in [3.8, 4) is 16.9 Å². The Kier molecular flexibility index (Phi) is 11.8. The van der Waals surface area contributed by atoms with Crippen molar-refractivity contribution in [3.05, 3.63) is 153 Å². The number of hydrogen-bond donors (Lipinski definition) is 1. The number of aromatic nitrogens is 1. The predicted molar refractivity (Wildman–Crippen MR) is 196 cm³/mol. The van der Waals surface area contributed by atoms with Crippen LogP contribution in [0.15, 0.2) is 103 Å². The van der Waals surface area contributed by atoms with E-state index in [1.807, 2.05) is 54.6 Å². The summed E-state index contributed by atoms with van der Waals surface area (Å²) in [5, 5.41) is 9.99. The van der Waals surface area contributed by atoms with Crippen LogP contribution in [-0.2, 0) is 36.8 Å². The van der Waals surface area contributed by atoms with Gasteiger partial charge in [-0.25, -0.2) is 14.6 Å². The van der Waals surface area contributed by atoms with Gasteiger partial charge >= 0.3 is 18.1 Å². The highest BCUT2D eigenvalue weighted by molar-refractivity contribution is 6.31. The minimum atomic E-state index is -4.40. The van der Waals surface area contributed by atoms with E-state index >= 15 is 0 Å². The molecule has 0 radical (unpaired) electrons. The lowest BCUT2D eigenvalue weighted by Crippen LogP contribution is -2.35. The van der Waals surface area contributed by atoms with Gasteiger partial charge in [-0.2, -0.15) is 13.2 Å². The van der Waals surface area contributed by atoms with Crippen LogP contribution in [0.3, 0.4) is 0 Å². The Balaban J connectivity index is 1.17. The van der Waals surface area contributed by atoms with Crippen molar-refractivity contribution in [2.45, 2.75) is 50.9 Å². The quantitative estimate of drug-likeness (QED) is 0.120. The van der Waals surface area contributed by atoms with Crippen LogP contribution in [0.1, 0.15) is 73.2 Å². The van der Waals surface area contributed by atoms with Gasteiger partial charge in [0, 0.05) is 35.4 Å². The standard InChI is InChI=1S/C42H38ClF3N2O5/c1-52-41(51)30-11-9-27(10-12-30)21-23-48(38-7-4-6-36-34(38)19-20-37(47-36)40(49)50)24-22-29-5-2-3-8-39(29)53-26-32-14-13-31(25-35(32)43)28-15-17-33(18-16-28)42(44,45)46/h2-3,5,8-20,25,38H,4,6-7,21-24,26H2,1H3,(H,49,50)/t38-/m1/s1. The Hall–Kier alpha value is -5.19. The van der Waals surface area contributed by atoms with Gasteiger partial charge in [0.1, 0.15) is 18.1 Å². The molecule has 1 aromatic heterocycles. The van der Waals surface area contributed by atoms with Gasteiger partial charge < -0.3 is 14.6 Å². The fraction of sp³-hybridized carbons (Fsp3) is 0.262. The number of methoxy groups -OCH3 is 1. The van der Waals surface area contributed by atoms with Crippen LogP contribution in [0, 0.1) is 0 Å². The summed E-state index contributed by atoms with van der Waals surface area (Å²) in [6, 6.07) is 29.1. The Morgan fingerprint density at radius 3 is 2.30 bits per heavy atom. The molecule has 274 valence electrons. The summed E-state index contributed by atoms with van der Waals surface area (Å²) in [4.78, 5) is 30.5. The molecule has 0 fully saturated rings. The molecule has 5 aromatic rings. The molecule has 1 N–H and O–H groups in total. The molecule has 6 rings (SSSR count). The van der Waals surface area contributed by atoms with Crippen molar-refractivity contribution in [1.82, 2.24) is 9.88 Å². The summed E-state index contributed by atoms with van der Waals surface area (Å²) in [6.45, 7) is 1.60. The number of rotatable bonds is 13. The van der Waals surface area contributed by atoms with Gasteiger partial charge in [0.25, 0.3) is 0 Å². The second-order valence-electron chi connectivity index (χ2n) is 12.9. The number of benzene rings is 4. The van der Waals surface area contributed by atoms with Crippen LogP contribution in [0.5, 0.6) is 5.75 Å². The van der Waals surface area contributed by atoms with Crippen LogP contribution in [0.25, 0.3) is 11.1 Å². The van der Waals surface area contributed by atoms with Gasteiger partial charge in [-0.05, 0) is 102 Å². The molecule has 0 amide bonds. The normalized spacial score (nSPS) is 14.1. The first-order valence-corrected chi connectivity index (χ1v) is 17.7. The van der Waals surface area contributed by atoms with E-state index in [0.717, 1.165) is 65.8 Å². The molecular weight excluding hydrogens is 705 g/mol. The first kappa shape index (κ1) is 37.6. The number of hydrogen-bond acceptors (Lipinski definition) is 6. The van der Waals surface area contributed by atoms with Gasteiger partial charge in [-0.15, -0.1) is 0 Å². The molecule has 0 aliphatic heterocycles. The first-order valence-electron chi connectivity index (χ1n) is 17.3. The summed E-state index contributed by atoms with van der Waals surface area (Å²) in [5.74, 6) is -0.718. The minimum Gasteiger partial charge on any atom is -0.489 e. The number of aromatic carboxylic acids is 1. The second-order valence-corrected chi connectivity index (χ2v) is 13.4. The van der Waals surface area contributed by atoms with Crippen LogP contribution in [0.2, 0.25) is 5.02 Å². The van der Waals surface area contributed by atoms with Gasteiger partial charge in [0.15, 0.2) is 0 Å². The zero-order chi connectivity index (χ0) is 37.5. The third-order valence-electron chi connectivity index (χ3n) is 9.60. The fourth-order valence-electron chi connectivity index (χ4n) is 6.72. The lowest BCUT2D eigenvalue weighted by Gasteiger charge is -2.36. The molecule has 0 unspecified atom stereocenters. The molecule has 1 heterocycles. The van der Waals surface area contributed by atoms with Gasteiger partial charge in [0.2, 0.25) is 0 Å². The number of carbonyl (C=O) groups excluding carboxylic acids is 1. The summed E-state index contributed by atoms with van der Waals surface area (Å²) in [6.07, 6.45) is -0.491. The number of pyridine rings is 1. The van der Waals surface area contributed by atoms with Crippen molar-refractivity contribution in [2.75, 3.05) is 20.2 Å². The van der Waals surface area contributed by atoms with E-state index in [1.165, 1.54) is 19.2 Å². The largest absolute Gasteiger partial charge is 0.489 e. The summed E-state index contributed by atoms with van der Waals surface area (Å²) < 4.78 is 50.2. The molecule has 1 atom stereocenters. The average molecular weight is 743 g/mol. The third kappa shape index (κ3) is 9.25. The highest BCUT2D eigenvalue weighted by Gasteiger charge is 2.30. The Morgan fingerprint density at radius 2 is 1.60 bits per heavy atom. The topological polar surface area (TPSA) is 89.0 Å². The molecule has 0 saturated carbocycles. The number of carboxylic acids is 1. The van der Waals surface area contributed by atoms with E-state index in [1.54, 1.807) is 24.3 Å². The van der Waals surface area contributed by atoms with E-state index < -0.39 is 17.7 Å². The number of alkyl halides is 3. The minimum absolute atomic E-state index is 0.0403. The molecule has 0 saturated heterocycles. The molecule has 11 heteroatoms. The molecule has 0 spiro atoms. The van der Waals surface area contributed by atoms with Crippen molar-refractivity contribution in [3.63, 3.8) is 0 Å². The Labute approximate surface area is 311 Å². The summed E-state index contributed by atoms with van der Waals surface area (Å²) >= 11 is 6.64. The second kappa shape index (κ2) is 16.7. The van der Waals surface area contributed by atoms with Gasteiger partial charge in [-0.3, -0.25) is 4.90 Å². The lowest BCUT2D eigenvalue weighted by molar-refractivity contribution is -0.137. The van der Waals surface area contributed by atoms with Crippen LogP contribution < -0.4 is 4.74 Å². The Morgan fingerprint density at radius 1 is 0.887 bits per heavy atom. The molecule has 53 heavy (non-hydrogen) atoms. The van der Waals surface area contributed by atoms with E-state index in [9.17, 15) is 27.9 Å². The summed E-state index contributed by atoms with van der Waals surface area (Å²) in [5.41, 5.74) is 5.83. The monoisotopic (exact) mass is 742 g/mol. The average Bonchev–Trinajstić information content (AvgIpc) is 3.17. The van der Waals surface area contributed by atoms with Crippen LogP contribution in [0.4, 0.5) is 13.2 Å². The van der Waals surface area contributed by atoms with Crippen molar-refractivity contribution < 1.29 is 37.3 Å². The van der Waals surface area contributed by atoms with E-state index in [4.69, 9.17) is 21.1 Å². The highest BCUT2D eigenvalue weighted by atomic mass is 35.5.